The van der Waals surface area contributed by atoms with Gasteiger partial charge in [0.15, 0.2) is 11.9 Å². The molecule has 0 radical (unpaired) electrons. The largest absolute Gasteiger partial charge is 0.494 e. The van der Waals surface area contributed by atoms with E-state index >= 15 is 0 Å². The highest BCUT2D eigenvalue weighted by Gasteiger charge is 2.40. The van der Waals surface area contributed by atoms with Gasteiger partial charge in [0.25, 0.3) is 5.91 Å². The third-order valence-electron chi connectivity index (χ3n) is 5.43. The minimum absolute atomic E-state index is 0.00745. The van der Waals surface area contributed by atoms with Gasteiger partial charge < -0.3 is 14.4 Å². The number of hydrogen-bond donors (Lipinski definition) is 0. The van der Waals surface area contributed by atoms with Gasteiger partial charge in [0.2, 0.25) is 0 Å². The zero-order chi connectivity index (χ0) is 24.6. The maximum absolute atomic E-state index is 13.4. The number of aromatic nitrogens is 3. The second-order valence-electron chi connectivity index (χ2n) is 7.80. The van der Waals surface area contributed by atoms with Crippen LogP contribution in [0.15, 0.2) is 36.7 Å². The second-order valence-corrected chi connectivity index (χ2v) is 7.80. The van der Waals surface area contributed by atoms with E-state index in [1.807, 2.05) is 25.1 Å². The van der Waals surface area contributed by atoms with Crippen LogP contribution in [0.1, 0.15) is 39.8 Å². The molecule has 1 aliphatic rings. The lowest BCUT2D eigenvalue weighted by atomic mass is 10.1. The molecule has 0 aliphatic carbocycles. The number of carbonyl (C=O) groups is 1. The Morgan fingerprint density at radius 1 is 1.26 bits per heavy atom. The van der Waals surface area contributed by atoms with Crippen molar-refractivity contribution in [2.45, 2.75) is 39.2 Å². The number of benzene rings is 1. The van der Waals surface area contributed by atoms with E-state index in [4.69, 9.17) is 9.47 Å². The van der Waals surface area contributed by atoms with E-state index < -0.39 is 18.2 Å². The molecule has 0 N–H and O–H groups in total. The van der Waals surface area contributed by atoms with E-state index in [0.29, 0.717) is 5.69 Å². The Bertz CT molecular complexity index is 1270. The van der Waals surface area contributed by atoms with Crippen LogP contribution >= 0.6 is 0 Å². The van der Waals surface area contributed by atoms with Crippen molar-refractivity contribution in [3.05, 3.63) is 64.7 Å². The van der Waals surface area contributed by atoms with Crippen molar-refractivity contribution >= 4 is 5.91 Å². The van der Waals surface area contributed by atoms with Gasteiger partial charge in [-0.05, 0) is 38.1 Å². The van der Waals surface area contributed by atoms with Crippen LogP contribution in [0.5, 0.6) is 11.5 Å². The molecule has 0 saturated heterocycles. The van der Waals surface area contributed by atoms with E-state index in [-0.39, 0.29) is 35.7 Å². The molecule has 2 aromatic heterocycles. The number of amides is 1. The van der Waals surface area contributed by atoms with E-state index in [1.165, 1.54) is 24.1 Å². The molecule has 3 heterocycles. The van der Waals surface area contributed by atoms with Gasteiger partial charge in [0.1, 0.15) is 17.4 Å². The van der Waals surface area contributed by atoms with E-state index in [2.05, 4.69) is 10.1 Å². The lowest BCUT2D eigenvalue weighted by Crippen LogP contribution is -2.33. The zero-order valence-electron chi connectivity index (χ0n) is 18.6. The number of fused-ring (bicyclic) bond motifs is 1. The number of ether oxygens (including phenoxy) is 2. The van der Waals surface area contributed by atoms with E-state index in [1.54, 1.807) is 17.1 Å². The SMILES string of the molecule is COc1c(C#N)ccc(OC(C)C(F)(F)F)c1C(=O)N1Cc2cn(-c3ccnc(C)c3)nc2C1. The van der Waals surface area contributed by atoms with Gasteiger partial charge in [-0.25, -0.2) is 4.68 Å². The Kier molecular flexibility index (Phi) is 5.91. The van der Waals surface area contributed by atoms with Crippen molar-refractivity contribution in [3.63, 3.8) is 0 Å². The van der Waals surface area contributed by atoms with Crippen molar-refractivity contribution in [1.29, 1.82) is 5.26 Å². The summed E-state index contributed by atoms with van der Waals surface area (Å²) in [4.78, 5) is 19.0. The third-order valence-corrected chi connectivity index (χ3v) is 5.43. The van der Waals surface area contributed by atoms with Crippen LogP contribution in [-0.4, -0.2) is 45.0 Å². The number of halogens is 3. The highest BCUT2D eigenvalue weighted by Crippen LogP contribution is 2.37. The van der Waals surface area contributed by atoms with Gasteiger partial charge in [-0.3, -0.25) is 9.78 Å². The van der Waals surface area contributed by atoms with Gasteiger partial charge in [0, 0.05) is 30.2 Å². The summed E-state index contributed by atoms with van der Waals surface area (Å²) >= 11 is 0. The molecule has 0 spiro atoms. The molecule has 8 nitrogen and oxygen atoms in total. The monoisotopic (exact) mass is 471 g/mol. The molecule has 1 aliphatic heterocycles. The summed E-state index contributed by atoms with van der Waals surface area (Å²) in [7, 11) is 1.24. The van der Waals surface area contributed by atoms with Crippen LogP contribution in [0, 0.1) is 18.3 Å². The number of carbonyl (C=O) groups excluding carboxylic acids is 1. The Labute approximate surface area is 193 Å². The first kappa shape index (κ1) is 23.1. The van der Waals surface area contributed by atoms with Crippen LogP contribution in [-0.2, 0) is 13.1 Å². The fourth-order valence-electron chi connectivity index (χ4n) is 3.68. The lowest BCUT2D eigenvalue weighted by molar-refractivity contribution is -0.189. The molecule has 11 heteroatoms. The van der Waals surface area contributed by atoms with E-state index in [9.17, 15) is 23.2 Å². The fraction of sp³-hybridized carbons (Fsp3) is 0.304. The molecule has 176 valence electrons. The fourth-order valence-corrected chi connectivity index (χ4v) is 3.68. The molecule has 34 heavy (non-hydrogen) atoms. The minimum atomic E-state index is -4.64. The van der Waals surface area contributed by atoms with Gasteiger partial charge >= 0.3 is 6.18 Å². The number of hydrogen-bond acceptors (Lipinski definition) is 6. The van der Waals surface area contributed by atoms with Crippen LogP contribution in [0.4, 0.5) is 13.2 Å². The molecular weight excluding hydrogens is 451 g/mol. The second kappa shape index (κ2) is 8.70. The van der Waals surface area contributed by atoms with Crippen molar-refractivity contribution in [2.24, 2.45) is 0 Å². The van der Waals surface area contributed by atoms with Crippen LogP contribution in [0.2, 0.25) is 0 Å². The van der Waals surface area contributed by atoms with E-state index in [0.717, 1.165) is 23.9 Å². The summed E-state index contributed by atoms with van der Waals surface area (Å²) < 4.78 is 51.4. The maximum atomic E-state index is 13.4. The van der Waals surface area contributed by atoms with Crippen LogP contribution in [0.3, 0.4) is 0 Å². The predicted molar refractivity (Wildman–Crippen MR) is 114 cm³/mol. The van der Waals surface area contributed by atoms with Crippen LogP contribution in [0.25, 0.3) is 5.69 Å². The average Bonchev–Trinajstić information content (AvgIpc) is 3.37. The average molecular weight is 471 g/mol. The molecule has 4 rings (SSSR count). The Morgan fingerprint density at radius 3 is 2.65 bits per heavy atom. The van der Waals surface area contributed by atoms with Gasteiger partial charge in [-0.15, -0.1) is 0 Å². The standard InChI is InChI=1S/C23H20F3N5O3/c1-13-8-17(6-7-28-13)31-11-16-10-30(12-18(16)29-31)22(32)20-19(34-14(2)23(24,25)26)5-4-15(9-27)21(20)33-3/h4-8,11,14H,10,12H2,1-3H3. The first-order valence-corrected chi connectivity index (χ1v) is 10.3. The summed E-state index contributed by atoms with van der Waals surface area (Å²) in [5.41, 5.74) is 2.87. The first-order chi connectivity index (χ1) is 16.1. The zero-order valence-corrected chi connectivity index (χ0v) is 18.6. The number of nitriles is 1. The molecule has 0 fully saturated rings. The molecule has 0 bridgehead atoms. The highest BCUT2D eigenvalue weighted by molar-refractivity contribution is 6.00. The van der Waals surface area contributed by atoms with Crippen molar-refractivity contribution < 1.29 is 27.4 Å². The summed E-state index contributed by atoms with van der Waals surface area (Å²) in [5, 5.41) is 13.9. The number of aryl methyl sites for hydroxylation is 1. The van der Waals surface area contributed by atoms with Crippen molar-refractivity contribution in [3.8, 4) is 23.3 Å². The Balaban J connectivity index is 1.65. The van der Waals surface area contributed by atoms with Crippen LogP contribution < -0.4 is 9.47 Å². The Morgan fingerprint density at radius 2 is 2.03 bits per heavy atom. The molecule has 3 aromatic rings. The third kappa shape index (κ3) is 4.26. The minimum Gasteiger partial charge on any atom is -0.494 e. The summed E-state index contributed by atoms with van der Waals surface area (Å²) in [6.45, 7) is 3.03. The van der Waals surface area contributed by atoms with Gasteiger partial charge in [0.05, 0.1) is 30.6 Å². The smallest absolute Gasteiger partial charge is 0.425 e. The van der Waals surface area contributed by atoms with Gasteiger partial charge in [-0.2, -0.15) is 23.5 Å². The topological polar surface area (TPSA) is 93.3 Å². The number of rotatable bonds is 5. The molecule has 1 aromatic carbocycles. The van der Waals surface area contributed by atoms with Crippen molar-refractivity contribution in [2.75, 3.05) is 7.11 Å². The molecular formula is C23H20F3N5O3. The summed E-state index contributed by atoms with van der Waals surface area (Å²) in [6, 6.07) is 8.00. The first-order valence-electron chi connectivity index (χ1n) is 10.3. The highest BCUT2D eigenvalue weighted by atomic mass is 19.4. The molecule has 0 saturated carbocycles. The summed E-state index contributed by atoms with van der Waals surface area (Å²) in [6.07, 6.45) is -3.34. The molecule has 1 amide bonds. The lowest BCUT2D eigenvalue weighted by Gasteiger charge is -2.23. The number of alkyl halides is 3. The normalized spacial score (nSPS) is 13.9. The Hall–Kier alpha value is -4.07. The summed E-state index contributed by atoms with van der Waals surface area (Å²) in [5.74, 6) is -1.07. The van der Waals surface area contributed by atoms with Crippen molar-refractivity contribution in [1.82, 2.24) is 19.7 Å². The quantitative estimate of drug-likeness (QED) is 0.560. The predicted octanol–water partition coefficient (Wildman–Crippen LogP) is 3.94. The maximum Gasteiger partial charge on any atom is 0.425 e. The van der Waals surface area contributed by atoms with Gasteiger partial charge in [-0.1, -0.05) is 0 Å². The number of nitrogens with zero attached hydrogens (tertiary/aromatic N) is 5. The number of methoxy groups -OCH3 is 1. The number of pyridine rings is 1. The molecule has 1 unspecified atom stereocenters. The molecule has 1 atom stereocenters.